The Morgan fingerprint density at radius 3 is 2.69 bits per heavy atom. The summed E-state index contributed by atoms with van der Waals surface area (Å²) < 4.78 is 0. The predicted molar refractivity (Wildman–Crippen MR) is 55.5 cm³/mol. The molecule has 0 amide bonds. The van der Waals surface area contributed by atoms with Crippen LogP contribution in [-0.2, 0) is 4.79 Å². The highest BCUT2D eigenvalue weighted by atomic mass is 16.1. The van der Waals surface area contributed by atoms with Crippen LogP contribution in [0.4, 0.5) is 0 Å². The minimum absolute atomic E-state index is 0.365. The maximum Gasteiger partial charge on any atom is 0.106 e. The Bertz CT molecular complexity index is 150. The Kier molecular flexibility index (Phi) is 6.45. The van der Waals surface area contributed by atoms with E-state index in [0.717, 1.165) is 13.1 Å². The van der Waals surface area contributed by atoms with E-state index in [1.165, 1.54) is 13.0 Å². The molecule has 3 nitrogen and oxygen atoms in total. The lowest BCUT2D eigenvalue weighted by atomic mass is 9.94. The molecule has 0 aromatic rings. The van der Waals surface area contributed by atoms with Gasteiger partial charge in [-0.15, -0.1) is 6.58 Å². The van der Waals surface area contributed by atoms with E-state index in [0.29, 0.717) is 12.0 Å². The fourth-order valence-electron chi connectivity index (χ4n) is 1.52. The second-order valence-corrected chi connectivity index (χ2v) is 3.48. The van der Waals surface area contributed by atoms with Crippen molar-refractivity contribution < 1.29 is 4.79 Å². The molecule has 1 saturated heterocycles. The van der Waals surface area contributed by atoms with Gasteiger partial charge in [-0.05, 0) is 18.9 Å². The van der Waals surface area contributed by atoms with Gasteiger partial charge in [0, 0.05) is 19.1 Å². The second kappa shape index (κ2) is 6.80. The molecule has 2 atom stereocenters. The second-order valence-electron chi connectivity index (χ2n) is 3.48. The molecule has 0 saturated carbocycles. The van der Waals surface area contributed by atoms with E-state index in [2.05, 4.69) is 18.4 Å². The summed E-state index contributed by atoms with van der Waals surface area (Å²) in [7, 11) is 0. The van der Waals surface area contributed by atoms with E-state index in [1.807, 2.05) is 12.9 Å². The summed E-state index contributed by atoms with van der Waals surface area (Å²) in [5, 5.41) is 0. The van der Waals surface area contributed by atoms with Crippen molar-refractivity contribution in [3.8, 4) is 0 Å². The highest BCUT2D eigenvalue weighted by Gasteiger charge is 2.21. The Morgan fingerprint density at radius 1 is 1.62 bits per heavy atom. The summed E-state index contributed by atoms with van der Waals surface area (Å²) >= 11 is 0. The van der Waals surface area contributed by atoms with E-state index < -0.39 is 0 Å². The van der Waals surface area contributed by atoms with Crippen LogP contribution in [0.3, 0.4) is 0 Å². The molecule has 76 valence electrons. The number of piperidine rings is 1. The molecule has 0 bridgehead atoms. The van der Waals surface area contributed by atoms with Crippen molar-refractivity contribution in [2.24, 2.45) is 11.7 Å². The van der Waals surface area contributed by atoms with Gasteiger partial charge in [0.05, 0.1) is 0 Å². The SMILES string of the molecule is C=CCN1CC[C@@H](C)C(N)C1.C=O. The average Bonchev–Trinajstić information content (AvgIpc) is 2.15. The third-order valence-electron chi connectivity index (χ3n) is 2.49. The molecule has 1 heterocycles. The van der Waals surface area contributed by atoms with Gasteiger partial charge in [-0.3, -0.25) is 4.90 Å². The highest BCUT2D eigenvalue weighted by molar-refractivity contribution is 5.10. The van der Waals surface area contributed by atoms with Crippen molar-refractivity contribution in [1.29, 1.82) is 0 Å². The van der Waals surface area contributed by atoms with Crippen LogP contribution < -0.4 is 5.73 Å². The summed E-state index contributed by atoms with van der Waals surface area (Å²) in [5.41, 5.74) is 5.92. The molecule has 1 aliphatic rings. The number of hydrogen-bond acceptors (Lipinski definition) is 3. The van der Waals surface area contributed by atoms with Crippen LogP contribution in [0.1, 0.15) is 13.3 Å². The van der Waals surface area contributed by atoms with Gasteiger partial charge in [0.1, 0.15) is 6.79 Å². The fourth-order valence-corrected chi connectivity index (χ4v) is 1.52. The first-order chi connectivity index (χ1) is 6.24. The number of hydrogen-bond donors (Lipinski definition) is 1. The quantitative estimate of drug-likeness (QED) is 0.641. The molecule has 1 aliphatic heterocycles. The number of nitrogens with zero attached hydrogens (tertiary/aromatic N) is 1. The fraction of sp³-hybridized carbons (Fsp3) is 0.700. The molecule has 0 radical (unpaired) electrons. The molecule has 0 aromatic heterocycles. The zero-order valence-electron chi connectivity index (χ0n) is 8.41. The molecule has 3 heteroatoms. The summed E-state index contributed by atoms with van der Waals surface area (Å²) in [6.07, 6.45) is 3.18. The zero-order chi connectivity index (χ0) is 10.3. The highest BCUT2D eigenvalue weighted by Crippen LogP contribution is 2.14. The summed E-state index contributed by atoms with van der Waals surface area (Å²) in [6.45, 7) is 11.2. The molecule has 2 N–H and O–H groups in total. The Balaban J connectivity index is 0.000000671. The molecule has 0 aliphatic carbocycles. The van der Waals surface area contributed by atoms with Crippen molar-refractivity contribution in [2.75, 3.05) is 19.6 Å². The van der Waals surface area contributed by atoms with Crippen molar-refractivity contribution >= 4 is 6.79 Å². The van der Waals surface area contributed by atoms with Crippen LogP contribution in [0.2, 0.25) is 0 Å². The lowest BCUT2D eigenvalue weighted by Crippen LogP contribution is -2.47. The van der Waals surface area contributed by atoms with E-state index in [1.54, 1.807) is 0 Å². The van der Waals surface area contributed by atoms with Crippen molar-refractivity contribution in [1.82, 2.24) is 4.90 Å². The summed E-state index contributed by atoms with van der Waals surface area (Å²) in [4.78, 5) is 10.4. The van der Waals surface area contributed by atoms with Crippen LogP contribution in [0.25, 0.3) is 0 Å². The predicted octanol–water partition coefficient (Wildman–Crippen LogP) is 0.657. The lowest BCUT2D eigenvalue weighted by molar-refractivity contribution is -0.0979. The molecular weight excluding hydrogens is 164 g/mol. The van der Waals surface area contributed by atoms with E-state index in [4.69, 9.17) is 10.5 Å². The third-order valence-corrected chi connectivity index (χ3v) is 2.49. The summed E-state index contributed by atoms with van der Waals surface area (Å²) in [6, 6.07) is 0.365. The zero-order valence-corrected chi connectivity index (χ0v) is 8.41. The minimum atomic E-state index is 0.365. The molecule has 0 aromatic carbocycles. The van der Waals surface area contributed by atoms with E-state index in [-0.39, 0.29) is 0 Å². The number of carbonyl (C=O) groups excluding carboxylic acids is 1. The van der Waals surface area contributed by atoms with Crippen molar-refractivity contribution in [3.05, 3.63) is 12.7 Å². The van der Waals surface area contributed by atoms with Gasteiger partial charge in [0.2, 0.25) is 0 Å². The van der Waals surface area contributed by atoms with Crippen LogP contribution in [0.15, 0.2) is 12.7 Å². The topological polar surface area (TPSA) is 46.3 Å². The van der Waals surface area contributed by atoms with Gasteiger partial charge in [0.15, 0.2) is 0 Å². The van der Waals surface area contributed by atoms with Gasteiger partial charge in [-0.25, -0.2) is 0 Å². The maximum absolute atomic E-state index is 8.00. The van der Waals surface area contributed by atoms with E-state index in [9.17, 15) is 0 Å². The third kappa shape index (κ3) is 4.20. The number of likely N-dealkylation sites (tertiary alicyclic amines) is 1. The Hall–Kier alpha value is -0.670. The molecule has 1 unspecified atom stereocenters. The first kappa shape index (κ1) is 12.3. The maximum atomic E-state index is 8.00. The van der Waals surface area contributed by atoms with Crippen molar-refractivity contribution in [3.63, 3.8) is 0 Å². The first-order valence-corrected chi connectivity index (χ1v) is 4.61. The average molecular weight is 184 g/mol. The minimum Gasteiger partial charge on any atom is -0.326 e. The standard InChI is InChI=1S/C9H18N2.CH2O/c1-3-5-11-6-4-8(2)9(10)7-11;1-2/h3,8-9H,1,4-7,10H2,2H3;1H2/t8-,9?;/m1./s1. The van der Waals surface area contributed by atoms with Gasteiger partial charge < -0.3 is 10.5 Å². The number of nitrogens with two attached hydrogens (primary N) is 1. The molecule has 0 spiro atoms. The number of carbonyl (C=O) groups is 1. The van der Waals surface area contributed by atoms with Crippen LogP contribution in [0, 0.1) is 5.92 Å². The molecule has 13 heavy (non-hydrogen) atoms. The normalized spacial score (nSPS) is 28.8. The molecule has 1 fully saturated rings. The summed E-state index contributed by atoms with van der Waals surface area (Å²) in [5.74, 6) is 0.691. The van der Waals surface area contributed by atoms with Crippen molar-refractivity contribution in [2.45, 2.75) is 19.4 Å². The lowest BCUT2D eigenvalue weighted by Gasteiger charge is -2.34. The van der Waals surface area contributed by atoms with Crippen LogP contribution >= 0.6 is 0 Å². The monoisotopic (exact) mass is 184 g/mol. The molecular formula is C10H20N2O. The smallest absolute Gasteiger partial charge is 0.106 e. The first-order valence-electron chi connectivity index (χ1n) is 4.61. The van der Waals surface area contributed by atoms with Gasteiger partial charge in [-0.1, -0.05) is 13.0 Å². The Labute approximate surface area is 80.6 Å². The largest absolute Gasteiger partial charge is 0.326 e. The molecule has 1 rings (SSSR count). The van der Waals surface area contributed by atoms with Gasteiger partial charge in [0.25, 0.3) is 0 Å². The van der Waals surface area contributed by atoms with Crippen LogP contribution in [-0.4, -0.2) is 37.4 Å². The van der Waals surface area contributed by atoms with Gasteiger partial charge >= 0.3 is 0 Å². The van der Waals surface area contributed by atoms with Gasteiger partial charge in [-0.2, -0.15) is 0 Å². The Morgan fingerprint density at radius 2 is 2.23 bits per heavy atom. The number of rotatable bonds is 2. The van der Waals surface area contributed by atoms with E-state index >= 15 is 0 Å². The van der Waals surface area contributed by atoms with Crippen LogP contribution in [0.5, 0.6) is 0 Å².